The number of cyclic esters (lactones) is 1. The smallest absolute Gasteiger partial charge is 0.333 e. The predicted molar refractivity (Wildman–Crippen MR) is 180 cm³/mol. The molecule has 4 heterocycles. The number of fused-ring (bicyclic) bond motifs is 2. The van der Waals surface area contributed by atoms with E-state index >= 15 is 0 Å². The Morgan fingerprint density at radius 2 is 1.83 bits per heavy atom. The summed E-state index contributed by atoms with van der Waals surface area (Å²) < 4.78 is 6.70. The molecule has 2 amide bonds. The fourth-order valence-corrected chi connectivity index (χ4v) is 7.66. The molecule has 0 spiro atoms. The summed E-state index contributed by atoms with van der Waals surface area (Å²) in [6, 6.07) is 25.6. The number of amides is 2. The zero-order valence-corrected chi connectivity index (χ0v) is 26.0. The maximum Gasteiger partial charge on any atom is 0.333 e. The highest BCUT2D eigenvalue weighted by molar-refractivity contribution is 6.00. The van der Waals surface area contributed by atoms with E-state index in [9.17, 15) is 19.2 Å². The minimum Gasteiger partial charge on any atom is -0.462 e. The van der Waals surface area contributed by atoms with Crippen molar-refractivity contribution in [1.29, 1.82) is 0 Å². The number of aromatic amines is 1. The summed E-state index contributed by atoms with van der Waals surface area (Å²) in [5.74, 6) is -1.18. The maximum atomic E-state index is 14.6. The molecule has 3 atom stereocenters. The van der Waals surface area contributed by atoms with Crippen molar-refractivity contribution in [3.05, 3.63) is 113 Å². The number of hydrogen-bond acceptors (Lipinski definition) is 5. The molecule has 3 aromatic carbocycles. The Balaban J connectivity index is 1.20. The normalized spacial score (nSPS) is 23.0. The molecule has 8 rings (SSSR count). The molecular formula is C38H34N4O5. The van der Waals surface area contributed by atoms with E-state index < -0.39 is 11.5 Å². The first-order chi connectivity index (χ1) is 22.8. The Bertz CT molecular complexity index is 2190. The monoisotopic (exact) mass is 626 g/mol. The number of para-hydroxylation sites is 1. The van der Waals surface area contributed by atoms with E-state index in [-0.39, 0.29) is 35.8 Å². The lowest BCUT2D eigenvalue weighted by molar-refractivity contribution is -0.135. The second-order valence-corrected chi connectivity index (χ2v) is 12.8. The number of carbonyl (C=O) groups is 3. The van der Waals surface area contributed by atoms with Crippen molar-refractivity contribution in [2.24, 2.45) is 11.8 Å². The third-order valence-electron chi connectivity index (χ3n) is 10.1. The van der Waals surface area contributed by atoms with Gasteiger partial charge in [0, 0.05) is 58.9 Å². The van der Waals surface area contributed by atoms with E-state index in [0.717, 1.165) is 33.0 Å². The highest BCUT2D eigenvalue weighted by Gasteiger charge is 2.64. The van der Waals surface area contributed by atoms with Gasteiger partial charge in [-0.1, -0.05) is 60.7 Å². The van der Waals surface area contributed by atoms with Gasteiger partial charge < -0.3 is 24.5 Å². The van der Waals surface area contributed by atoms with Gasteiger partial charge in [0.25, 0.3) is 5.56 Å². The van der Waals surface area contributed by atoms with Gasteiger partial charge in [-0.05, 0) is 60.4 Å². The average Bonchev–Trinajstić information content (AvgIpc) is 3.40. The molecule has 1 aliphatic carbocycles. The minimum atomic E-state index is -0.907. The minimum absolute atomic E-state index is 0.0307. The molecule has 236 valence electrons. The Morgan fingerprint density at radius 3 is 2.62 bits per heavy atom. The van der Waals surface area contributed by atoms with Crippen LogP contribution in [0.15, 0.2) is 102 Å². The summed E-state index contributed by atoms with van der Waals surface area (Å²) in [6.07, 6.45) is 5.17. The van der Waals surface area contributed by atoms with Gasteiger partial charge in [-0.25, -0.2) is 4.79 Å². The van der Waals surface area contributed by atoms with Gasteiger partial charge in [0.1, 0.15) is 12.1 Å². The molecule has 47 heavy (non-hydrogen) atoms. The van der Waals surface area contributed by atoms with Gasteiger partial charge in [0.2, 0.25) is 11.8 Å². The molecular weight excluding hydrogens is 592 g/mol. The van der Waals surface area contributed by atoms with Crippen molar-refractivity contribution in [2.75, 3.05) is 18.1 Å². The number of aromatic nitrogens is 2. The number of hydrogen-bond donors (Lipinski definition) is 2. The lowest BCUT2D eigenvalue weighted by atomic mass is 9.94. The number of anilines is 1. The zero-order chi connectivity index (χ0) is 32.3. The molecule has 0 bridgehead atoms. The van der Waals surface area contributed by atoms with Crippen LogP contribution in [0.3, 0.4) is 0 Å². The van der Waals surface area contributed by atoms with Crippen LogP contribution in [0.4, 0.5) is 5.69 Å². The standard InChI is InChI=1S/C38H34N4O5/c1-23-7-2-5-12-32(23)42(38(20-26-15-18-47-37(26)46)21-30(38)29-13-16-39-35(29)44)33(43)22-41-17-14-25-19-31(40-34(25)36(41)45)28-11-6-9-24-8-3-4-10-27(24)28/h2-12,14,17,19-20,29-30,40H,13,15-16,18,21-22H2,1H3,(H,39,44)/b26-20+/t29-,30?,38?/m0/s1. The Morgan fingerprint density at radius 1 is 1.02 bits per heavy atom. The van der Waals surface area contributed by atoms with E-state index in [0.29, 0.717) is 49.2 Å². The van der Waals surface area contributed by atoms with E-state index in [2.05, 4.69) is 28.5 Å². The average molecular weight is 627 g/mol. The SMILES string of the molecule is Cc1ccccc1N(C(=O)Cn1ccc2cc(-c3cccc4ccccc34)[nH]c2c1=O)C1(/C=C2\CCOC2=O)CC1[C@@H]1CCNC1=O. The van der Waals surface area contributed by atoms with Crippen molar-refractivity contribution in [1.82, 2.24) is 14.9 Å². The van der Waals surface area contributed by atoms with Crippen molar-refractivity contribution < 1.29 is 19.1 Å². The van der Waals surface area contributed by atoms with Crippen molar-refractivity contribution in [2.45, 2.75) is 38.3 Å². The summed E-state index contributed by atoms with van der Waals surface area (Å²) in [5.41, 5.74) is 3.10. The molecule has 9 nitrogen and oxygen atoms in total. The summed E-state index contributed by atoms with van der Waals surface area (Å²) in [6.45, 7) is 2.59. The van der Waals surface area contributed by atoms with E-state index in [4.69, 9.17) is 4.74 Å². The third-order valence-corrected chi connectivity index (χ3v) is 10.1. The number of nitrogens with zero attached hydrogens (tertiary/aromatic N) is 2. The molecule has 2 aliphatic heterocycles. The molecule has 3 fully saturated rings. The number of benzene rings is 3. The maximum absolute atomic E-state index is 14.6. The summed E-state index contributed by atoms with van der Waals surface area (Å²) in [5, 5.41) is 5.87. The lowest BCUT2D eigenvalue weighted by Crippen LogP contribution is -2.47. The van der Waals surface area contributed by atoms with Crippen molar-refractivity contribution in [3.8, 4) is 11.3 Å². The van der Waals surface area contributed by atoms with E-state index in [1.54, 1.807) is 11.1 Å². The first-order valence-corrected chi connectivity index (χ1v) is 16.1. The molecule has 2 saturated heterocycles. The van der Waals surface area contributed by atoms with Crippen LogP contribution in [0.2, 0.25) is 0 Å². The molecule has 0 radical (unpaired) electrons. The van der Waals surface area contributed by atoms with Crippen LogP contribution >= 0.6 is 0 Å². The van der Waals surface area contributed by atoms with Crippen LogP contribution in [0.25, 0.3) is 32.9 Å². The summed E-state index contributed by atoms with van der Waals surface area (Å²) >= 11 is 0. The van der Waals surface area contributed by atoms with Gasteiger partial charge in [-0.2, -0.15) is 0 Å². The summed E-state index contributed by atoms with van der Waals surface area (Å²) in [7, 11) is 0. The van der Waals surface area contributed by atoms with Crippen LogP contribution in [-0.4, -0.2) is 46.0 Å². The van der Waals surface area contributed by atoms with Crippen molar-refractivity contribution in [3.63, 3.8) is 0 Å². The van der Waals surface area contributed by atoms with Gasteiger partial charge in [0.15, 0.2) is 0 Å². The number of carbonyl (C=O) groups excluding carboxylic acids is 3. The van der Waals surface area contributed by atoms with Gasteiger partial charge in [-0.3, -0.25) is 14.4 Å². The van der Waals surface area contributed by atoms with Gasteiger partial charge >= 0.3 is 5.97 Å². The second kappa shape index (κ2) is 11.1. The molecule has 3 aliphatic rings. The van der Waals surface area contributed by atoms with E-state index in [1.807, 2.05) is 73.7 Å². The first-order valence-electron chi connectivity index (χ1n) is 16.1. The Hall–Kier alpha value is -5.44. The van der Waals surface area contributed by atoms with Crippen molar-refractivity contribution >= 4 is 45.1 Å². The van der Waals surface area contributed by atoms with Gasteiger partial charge in [-0.15, -0.1) is 0 Å². The topological polar surface area (TPSA) is 114 Å². The van der Waals surface area contributed by atoms with E-state index in [1.165, 1.54) is 4.57 Å². The third kappa shape index (κ3) is 4.85. The quantitative estimate of drug-likeness (QED) is 0.189. The molecule has 1 saturated carbocycles. The molecule has 9 heteroatoms. The largest absolute Gasteiger partial charge is 0.462 e. The number of ether oxygens (including phenoxy) is 1. The predicted octanol–water partition coefficient (Wildman–Crippen LogP) is 5.26. The number of pyridine rings is 1. The second-order valence-electron chi connectivity index (χ2n) is 12.8. The van der Waals surface area contributed by atoms with Gasteiger partial charge in [0.05, 0.1) is 12.1 Å². The van der Waals surface area contributed by atoms with Crippen LogP contribution in [0.1, 0.15) is 24.8 Å². The number of rotatable bonds is 7. The number of nitrogens with one attached hydrogen (secondary N) is 2. The Labute approximate surface area is 270 Å². The number of aryl methyl sites for hydroxylation is 1. The Kier molecular flexibility index (Phi) is 6.86. The number of esters is 1. The fourth-order valence-electron chi connectivity index (χ4n) is 7.66. The van der Waals surface area contributed by atoms with Crippen LogP contribution < -0.4 is 15.8 Å². The first kappa shape index (κ1) is 29.0. The number of H-pyrrole nitrogens is 1. The molecule has 2 aromatic heterocycles. The lowest BCUT2D eigenvalue weighted by Gasteiger charge is -2.34. The van der Waals surface area contributed by atoms with Crippen LogP contribution in [0, 0.1) is 18.8 Å². The highest BCUT2D eigenvalue weighted by atomic mass is 16.5. The zero-order valence-electron chi connectivity index (χ0n) is 26.0. The molecule has 2 unspecified atom stereocenters. The summed E-state index contributed by atoms with van der Waals surface area (Å²) in [4.78, 5) is 59.2. The highest BCUT2D eigenvalue weighted by Crippen LogP contribution is 2.57. The molecule has 2 N–H and O–H groups in total. The van der Waals surface area contributed by atoms with Crippen LogP contribution in [-0.2, 0) is 25.7 Å². The van der Waals surface area contributed by atoms with Crippen LogP contribution in [0.5, 0.6) is 0 Å². The molecule has 5 aromatic rings. The fraction of sp³-hybridized carbons (Fsp3) is 0.263.